The Morgan fingerprint density at radius 1 is 1.31 bits per heavy atom. The number of fused-ring (bicyclic) bond motifs is 2. The van der Waals surface area contributed by atoms with Gasteiger partial charge < -0.3 is 9.80 Å². The van der Waals surface area contributed by atoms with Gasteiger partial charge in [0.1, 0.15) is 24.3 Å². The Morgan fingerprint density at radius 2 is 2.19 bits per heavy atom. The first-order valence-electron chi connectivity index (χ1n) is 5.66. The van der Waals surface area contributed by atoms with Crippen LogP contribution in [0.3, 0.4) is 0 Å². The molecule has 2 unspecified atom stereocenters. The predicted molar refractivity (Wildman–Crippen MR) is 60.2 cm³/mol. The highest BCUT2D eigenvalue weighted by molar-refractivity contribution is 5.74. The lowest BCUT2D eigenvalue weighted by Gasteiger charge is -2.23. The van der Waals surface area contributed by atoms with Crippen molar-refractivity contribution in [1.82, 2.24) is 9.97 Å². The van der Waals surface area contributed by atoms with Gasteiger partial charge >= 0.3 is 0 Å². The molecular weight excluding hydrogens is 200 g/mol. The fraction of sp³-hybridized carbons (Fsp3) is 0.333. The number of allylic oxidation sites excluding steroid dienone is 1. The zero-order valence-corrected chi connectivity index (χ0v) is 9.29. The summed E-state index contributed by atoms with van der Waals surface area (Å²) in [6.07, 6.45) is 5.77. The van der Waals surface area contributed by atoms with Crippen molar-refractivity contribution in [3.8, 4) is 0 Å². The van der Waals surface area contributed by atoms with Crippen LogP contribution in [0.4, 0.5) is 5.69 Å². The van der Waals surface area contributed by atoms with Crippen LogP contribution in [0.15, 0.2) is 18.2 Å². The normalized spacial score (nSPS) is 28.6. The Hall–Kier alpha value is -1.26. The second-order valence-corrected chi connectivity index (χ2v) is 4.50. The summed E-state index contributed by atoms with van der Waals surface area (Å²) in [7, 11) is 8.30. The number of rotatable bonds is 0. The molecule has 0 radical (unpaired) electrons. The molecule has 0 saturated carbocycles. The van der Waals surface area contributed by atoms with Crippen molar-refractivity contribution in [3.63, 3.8) is 0 Å². The van der Waals surface area contributed by atoms with E-state index in [1.165, 1.54) is 22.6 Å². The van der Waals surface area contributed by atoms with Gasteiger partial charge in [-0.05, 0) is 12.8 Å². The van der Waals surface area contributed by atoms with E-state index >= 15 is 0 Å². The summed E-state index contributed by atoms with van der Waals surface area (Å²) in [5.41, 5.74) is 4.94. The summed E-state index contributed by atoms with van der Waals surface area (Å²) in [6, 6.07) is 0. The molecule has 0 fully saturated rings. The van der Waals surface area contributed by atoms with Crippen molar-refractivity contribution in [2.45, 2.75) is 12.8 Å². The fourth-order valence-corrected chi connectivity index (χ4v) is 2.61. The third-order valence-electron chi connectivity index (χ3n) is 3.44. The van der Waals surface area contributed by atoms with Gasteiger partial charge in [0.15, 0.2) is 5.69 Å². The second-order valence-electron chi connectivity index (χ2n) is 4.50. The van der Waals surface area contributed by atoms with E-state index in [2.05, 4.69) is 24.1 Å². The molecule has 3 heterocycles. The van der Waals surface area contributed by atoms with Gasteiger partial charge in [0.25, 0.3) is 0 Å². The molecule has 3 rings (SSSR count). The van der Waals surface area contributed by atoms with Crippen LogP contribution in [-0.2, 0) is 0 Å². The first kappa shape index (κ1) is 9.93. The Bertz CT molecular complexity index is 452. The van der Waals surface area contributed by atoms with Crippen LogP contribution in [0.2, 0.25) is 0 Å². The minimum atomic E-state index is 0.963. The third kappa shape index (κ3) is 1.37. The average Bonchev–Trinajstić information content (AvgIpc) is 2.47. The molecule has 4 nitrogen and oxygen atoms in total. The standard InChI is InChI=1S/C12H16N4/c1-15-5-3-4-9-11(7-15)16(2)10-6-13-8-14-12(9)10/h6,8,15-16H,1-5,7H2. The Balaban J connectivity index is 2.09. The maximum absolute atomic E-state index is 4.40. The monoisotopic (exact) mass is 216 g/mol. The summed E-state index contributed by atoms with van der Waals surface area (Å²) in [6.45, 7) is 2.09. The summed E-state index contributed by atoms with van der Waals surface area (Å²) in [5.74, 6) is 0. The molecule has 0 aromatic carbocycles. The van der Waals surface area contributed by atoms with Crippen LogP contribution in [-0.4, -0.2) is 23.1 Å². The van der Waals surface area contributed by atoms with Crippen molar-refractivity contribution in [2.24, 2.45) is 0 Å². The number of hydrogen-bond acceptors (Lipinski definition) is 2. The Labute approximate surface area is 95.6 Å². The lowest BCUT2D eigenvalue weighted by Crippen LogP contribution is -3.11. The molecule has 2 N–H and O–H groups in total. The van der Waals surface area contributed by atoms with Crippen LogP contribution in [0.5, 0.6) is 0 Å². The minimum Gasteiger partial charge on any atom is -0.460 e. The zero-order chi connectivity index (χ0) is 11.1. The highest BCUT2D eigenvalue weighted by atomic mass is 15.2. The number of nitrogens with one attached hydrogen (secondary N) is 2. The van der Waals surface area contributed by atoms with Gasteiger partial charge in [0.05, 0.1) is 12.7 Å². The Kier molecular flexibility index (Phi) is 2.26. The summed E-state index contributed by atoms with van der Waals surface area (Å²) >= 11 is 0. The van der Waals surface area contributed by atoms with Crippen molar-refractivity contribution in [1.29, 1.82) is 0 Å². The first-order chi connectivity index (χ1) is 7.77. The summed E-state index contributed by atoms with van der Waals surface area (Å²) < 4.78 is 0. The molecule has 0 spiro atoms. The SMILES string of the molecule is [CH2-][NH+]1CCCC2=C(C1)[NH+]([CH2-])c1cncnc12. The van der Waals surface area contributed by atoms with Crippen LogP contribution < -0.4 is 9.80 Å². The lowest BCUT2D eigenvalue weighted by molar-refractivity contribution is -0.869. The largest absolute Gasteiger partial charge is 0.460 e. The van der Waals surface area contributed by atoms with E-state index in [4.69, 9.17) is 0 Å². The van der Waals surface area contributed by atoms with E-state index in [0.717, 1.165) is 35.8 Å². The number of hydrogen-bond donors (Lipinski definition) is 2. The van der Waals surface area contributed by atoms with Crippen LogP contribution in [0.25, 0.3) is 5.57 Å². The molecule has 2 aliphatic rings. The molecular formula is C12H16N4. The topological polar surface area (TPSA) is 34.7 Å². The lowest BCUT2D eigenvalue weighted by atomic mass is 10.1. The third-order valence-corrected chi connectivity index (χ3v) is 3.44. The van der Waals surface area contributed by atoms with E-state index in [9.17, 15) is 0 Å². The van der Waals surface area contributed by atoms with Gasteiger partial charge in [-0.3, -0.25) is 0 Å². The average molecular weight is 216 g/mol. The molecule has 1 aromatic rings. The molecule has 0 saturated heterocycles. The zero-order valence-electron chi connectivity index (χ0n) is 9.29. The number of aromatic nitrogens is 2. The van der Waals surface area contributed by atoms with Crippen LogP contribution in [0.1, 0.15) is 18.5 Å². The molecule has 2 aliphatic heterocycles. The maximum atomic E-state index is 4.40. The molecule has 2 atom stereocenters. The number of quaternary nitrogens is 2. The van der Waals surface area contributed by atoms with Crippen molar-refractivity contribution in [2.75, 3.05) is 13.1 Å². The van der Waals surface area contributed by atoms with E-state index < -0.39 is 0 Å². The van der Waals surface area contributed by atoms with Gasteiger partial charge in [0.2, 0.25) is 0 Å². The van der Waals surface area contributed by atoms with Crippen molar-refractivity contribution >= 4 is 11.3 Å². The first-order valence-corrected chi connectivity index (χ1v) is 5.66. The summed E-state index contributed by atoms with van der Waals surface area (Å²) in [5, 5.41) is 0. The quantitative estimate of drug-likeness (QED) is 0.544. The van der Waals surface area contributed by atoms with E-state index in [1.807, 2.05) is 6.20 Å². The molecule has 1 aromatic heterocycles. The molecule has 84 valence electrons. The van der Waals surface area contributed by atoms with Gasteiger partial charge in [-0.25, -0.2) is 9.97 Å². The molecule has 0 aliphatic carbocycles. The molecule has 4 heteroatoms. The van der Waals surface area contributed by atoms with Gasteiger partial charge in [-0.1, -0.05) is 0 Å². The maximum Gasteiger partial charge on any atom is 0.154 e. The number of nitrogens with zero attached hydrogens (tertiary/aromatic N) is 2. The van der Waals surface area contributed by atoms with E-state index in [1.54, 1.807) is 6.33 Å². The van der Waals surface area contributed by atoms with Crippen LogP contribution in [0, 0.1) is 14.1 Å². The minimum absolute atomic E-state index is 0.963. The van der Waals surface area contributed by atoms with Gasteiger partial charge in [-0.2, -0.15) is 7.05 Å². The summed E-state index contributed by atoms with van der Waals surface area (Å²) in [4.78, 5) is 10.9. The van der Waals surface area contributed by atoms with Crippen molar-refractivity contribution < 1.29 is 9.80 Å². The highest BCUT2D eigenvalue weighted by Crippen LogP contribution is 2.29. The van der Waals surface area contributed by atoms with Crippen molar-refractivity contribution in [3.05, 3.63) is 38.0 Å². The van der Waals surface area contributed by atoms with E-state index in [-0.39, 0.29) is 0 Å². The fourth-order valence-electron chi connectivity index (χ4n) is 2.61. The van der Waals surface area contributed by atoms with E-state index in [0.29, 0.717) is 0 Å². The highest BCUT2D eigenvalue weighted by Gasteiger charge is 2.32. The molecule has 0 amide bonds. The molecule has 16 heavy (non-hydrogen) atoms. The second kappa shape index (κ2) is 3.64. The van der Waals surface area contributed by atoms with Gasteiger partial charge in [0, 0.05) is 5.57 Å². The molecule has 0 bridgehead atoms. The van der Waals surface area contributed by atoms with Crippen LogP contribution >= 0.6 is 0 Å². The predicted octanol–water partition coefficient (Wildman–Crippen LogP) is -1.02. The van der Waals surface area contributed by atoms with Gasteiger partial charge in [-0.15, -0.1) is 7.05 Å². The smallest absolute Gasteiger partial charge is 0.154 e. The Morgan fingerprint density at radius 3 is 3.06 bits per heavy atom.